The molecule has 0 radical (unpaired) electrons. The Balaban J connectivity index is 2.10. The monoisotopic (exact) mass is 237 g/mol. The maximum absolute atomic E-state index is 5.68. The summed E-state index contributed by atoms with van der Waals surface area (Å²) in [5.74, 6) is 1.94. The van der Waals surface area contributed by atoms with E-state index in [0.717, 1.165) is 37.6 Å². The molecule has 0 aromatic carbocycles. The third-order valence-corrected chi connectivity index (χ3v) is 3.09. The van der Waals surface area contributed by atoms with Crippen molar-refractivity contribution in [3.8, 4) is 0 Å². The van der Waals surface area contributed by atoms with Gasteiger partial charge >= 0.3 is 0 Å². The first kappa shape index (κ1) is 11.9. The molecule has 0 bridgehead atoms. The minimum absolute atomic E-state index is 0.306. The van der Waals surface area contributed by atoms with Crippen LogP contribution in [0.3, 0.4) is 0 Å². The molecule has 17 heavy (non-hydrogen) atoms. The summed E-state index contributed by atoms with van der Waals surface area (Å²) in [5.41, 5.74) is 5.68. The smallest absolute Gasteiger partial charge is 0.223 e. The Morgan fingerprint density at radius 2 is 2.12 bits per heavy atom. The molecule has 0 aliphatic carbocycles. The van der Waals surface area contributed by atoms with E-state index in [4.69, 9.17) is 10.5 Å². The molecule has 1 fully saturated rings. The van der Waals surface area contributed by atoms with Crippen LogP contribution in [0.4, 0.5) is 17.6 Å². The van der Waals surface area contributed by atoms with Crippen LogP contribution >= 0.6 is 0 Å². The van der Waals surface area contributed by atoms with E-state index in [1.54, 1.807) is 7.11 Å². The van der Waals surface area contributed by atoms with Gasteiger partial charge in [-0.1, -0.05) is 0 Å². The lowest BCUT2D eigenvalue weighted by atomic mass is 10.1. The fraction of sp³-hybridized carbons (Fsp3) is 0.636. The van der Waals surface area contributed by atoms with Gasteiger partial charge in [-0.3, -0.25) is 0 Å². The number of nitrogens with one attached hydrogen (secondary N) is 1. The van der Waals surface area contributed by atoms with Gasteiger partial charge in [0.2, 0.25) is 5.95 Å². The summed E-state index contributed by atoms with van der Waals surface area (Å²) in [5, 5.41) is 2.98. The Morgan fingerprint density at radius 3 is 2.71 bits per heavy atom. The fourth-order valence-corrected chi connectivity index (χ4v) is 2.06. The lowest BCUT2D eigenvalue weighted by Crippen LogP contribution is -2.37. The van der Waals surface area contributed by atoms with Crippen molar-refractivity contribution in [3.63, 3.8) is 0 Å². The van der Waals surface area contributed by atoms with Gasteiger partial charge in [0.1, 0.15) is 11.6 Å². The highest BCUT2D eigenvalue weighted by molar-refractivity contribution is 5.52. The van der Waals surface area contributed by atoms with E-state index in [1.165, 1.54) is 0 Å². The van der Waals surface area contributed by atoms with Gasteiger partial charge < -0.3 is 20.7 Å². The van der Waals surface area contributed by atoms with Gasteiger partial charge in [-0.2, -0.15) is 9.97 Å². The molecule has 3 N–H and O–H groups in total. The zero-order chi connectivity index (χ0) is 12.3. The fourth-order valence-electron chi connectivity index (χ4n) is 2.06. The summed E-state index contributed by atoms with van der Waals surface area (Å²) >= 11 is 0. The summed E-state index contributed by atoms with van der Waals surface area (Å²) in [6, 6.07) is 1.92. The first-order valence-electron chi connectivity index (χ1n) is 5.83. The highest BCUT2D eigenvalue weighted by atomic mass is 16.5. The van der Waals surface area contributed by atoms with E-state index in [1.807, 2.05) is 13.1 Å². The molecule has 0 saturated carbocycles. The van der Waals surface area contributed by atoms with E-state index in [9.17, 15) is 0 Å². The van der Waals surface area contributed by atoms with Gasteiger partial charge in [0, 0.05) is 33.3 Å². The molecule has 1 aromatic rings. The Morgan fingerprint density at radius 1 is 1.41 bits per heavy atom. The maximum Gasteiger partial charge on any atom is 0.223 e. The maximum atomic E-state index is 5.68. The number of aromatic nitrogens is 2. The number of piperidine rings is 1. The topological polar surface area (TPSA) is 76.3 Å². The number of rotatable bonds is 3. The summed E-state index contributed by atoms with van der Waals surface area (Å²) in [4.78, 5) is 10.6. The molecule has 6 heteroatoms. The Labute approximate surface area is 101 Å². The van der Waals surface area contributed by atoms with Gasteiger partial charge in [0.15, 0.2) is 0 Å². The molecule has 6 nitrogen and oxygen atoms in total. The molecule has 1 saturated heterocycles. The molecule has 1 aliphatic heterocycles. The molecular formula is C11H19N5O. The number of nitrogens with two attached hydrogens (primary N) is 1. The number of methoxy groups -OCH3 is 1. The number of anilines is 3. The number of hydrogen-bond acceptors (Lipinski definition) is 6. The largest absolute Gasteiger partial charge is 0.381 e. The van der Waals surface area contributed by atoms with Gasteiger partial charge in [-0.15, -0.1) is 0 Å². The number of hydrogen-bond donors (Lipinski definition) is 2. The van der Waals surface area contributed by atoms with Crippen LogP contribution in [0.1, 0.15) is 12.8 Å². The molecule has 0 atom stereocenters. The SMILES string of the molecule is CNc1cc(N2CCC(OC)CC2)nc(N)n1. The predicted molar refractivity (Wildman–Crippen MR) is 68.2 cm³/mol. The van der Waals surface area contributed by atoms with Crippen LogP contribution in [0.5, 0.6) is 0 Å². The minimum Gasteiger partial charge on any atom is -0.381 e. The van der Waals surface area contributed by atoms with Crippen LogP contribution in [0.25, 0.3) is 0 Å². The van der Waals surface area contributed by atoms with Crippen molar-refractivity contribution in [2.45, 2.75) is 18.9 Å². The highest BCUT2D eigenvalue weighted by Gasteiger charge is 2.20. The van der Waals surface area contributed by atoms with Crippen LogP contribution in [0, 0.1) is 0 Å². The molecule has 1 aliphatic rings. The van der Waals surface area contributed by atoms with Crippen molar-refractivity contribution in [2.75, 3.05) is 43.2 Å². The van der Waals surface area contributed by atoms with E-state index in [-0.39, 0.29) is 0 Å². The van der Waals surface area contributed by atoms with Crippen LogP contribution in [-0.4, -0.2) is 43.3 Å². The quantitative estimate of drug-likeness (QED) is 0.806. The molecule has 94 valence electrons. The second kappa shape index (κ2) is 5.18. The summed E-state index contributed by atoms with van der Waals surface area (Å²) in [6.07, 6.45) is 2.42. The predicted octanol–water partition coefficient (Wildman–Crippen LogP) is 0.716. The zero-order valence-electron chi connectivity index (χ0n) is 10.3. The van der Waals surface area contributed by atoms with Crippen molar-refractivity contribution >= 4 is 17.6 Å². The second-order valence-electron chi connectivity index (χ2n) is 4.14. The first-order chi connectivity index (χ1) is 8.22. The molecule has 2 heterocycles. The number of ether oxygens (including phenoxy) is 1. The van der Waals surface area contributed by atoms with Crippen LogP contribution < -0.4 is 16.0 Å². The Bertz CT molecular complexity index is 376. The van der Waals surface area contributed by atoms with Crippen LogP contribution in [-0.2, 0) is 4.74 Å². The number of nitrogens with zero attached hydrogens (tertiary/aromatic N) is 3. The summed E-state index contributed by atoms with van der Waals surface area (Å²) < 4.78 is 5.35. The van der Waals surface area contributed by atoms with Crippen molar-refractivity contribution in [1.29, 1.82) is 0 Å². The molecule has 0 unspecified atom stereocenters. The Kier molecular flexibility index (Phi) is 3.63. The van der Waals surface area contributed by atoms with Gasteiger partial charge in [-0.05, 0) is 12.8 Å². The number of nitrogen functional groups attached to an aromatic ring is 1. The molecule has 0 amide bonds. The normalized spacial score (nSPS) is 17.2. The third-order valence-electron chi connectivity index (χ3n) is 3.09. The zero-order valence-corrected chi connectivity index (χ0v) is 10.3. The van der Waals surface area contributed by atoms with Crippen molar-refractivity contribution in [2.24, 2.45) is 0 Å². The van der Waals surface area contributed by atoms with E-state index in [2.05, 4.69) is 20.2 Å². The first-order valence-corrected chi connectivity index (χ1v) is 5.83. The molecular weight excluding hydrogens is 218 g/mol. The van der Waals surface area contributed by atoms with E-state index >= 15 is 0 Å². The van der Waals surface area contributed by atoms with Crippen molar-refractivity contribution in [3.05, 3.63) is 6.07 Å². The summed E-state index contributed by atoms with van der Waals surface area (Å²) in [6.45, 7) is 1.89. The van der Waals surface area contributed by atoms with E-state index < -0.39 is 0 Å². The lowest BCUT2D eigenvalue weighted by molar-refractivity contribution is 0.0818. The van der Waals surface area contributed by atoms with E-state index in [0.29, 0.717) is 12.1 Å². The average Bonchev–Trinajstić information content (AvgIpc) is 2.38. The lowest BCUT2D eigenvalue weighted by Gasteiger charge is -2.32. The Hall–Kier alpha value is -1.56. The highest BCUT2D eigenvalue weighted by Crippen LogP contribution is 2.21. The molecule has 0 spiro atoms. The standard InChI is InChI=1S/C11H19N5O/c1-13-9-7-10(15-11(12)14-9)16-5-3-8(17-2)4-6-16/h7-8H,3-6H2,1-2H3,(H3,12,13,14,15). The minimum atomic E-state index is 0.306. The van der Waals surface area contributed by atoms with Gasteiger partial charge in [0.25, 0.3) is 0 Å². The van der Waals surface area contributed by atoms with Crippen molar-refractivity contribution < 1.29 is 4.74 Å². The van der Waals surface area contributed by atoms with Crippen molar-refractivity contribution in [1.82, 2.24) is 9.97 Å². The van der Waals surface area contributed by atoms with Crippen LogP contribution in [0.2, 0.25) is 0 Å². The third kappa shape index (κ3) is 2.76. The second-order valence-corrected chi connectivity index (χ2v) is 4.14. The van der Waals surface area contributed by atoms with Gasteiger partial charge in [0.05, 0.1) is 6.10 Å². The van der Waals surface area contributed by atoms with Gasteiger partial charge in [-0.25, -0.2) is 0 Å². The summed E-state index contributed by atoms with van der Waals surface area (Å²) in [7, 11) is 3.59. The molecule has 1 aromatic heterocycles. The van der Waals surface area contributed by atoms with Crippen LogP contribution in [0.15, 0.2) is 6.07 Å². The molecule has 2 rings (SSSR count). The average molecular weight is 237 g/mol.